The largest absolute Gasteiger partial charge is 0.456 e. The van der Waals surface area contributed by atoms with Crippen molar-refractivity contribution in [1.82, 2.24) is 14.5 Å². The van der Waals surface area contributed by atoms with E-state index in [2.05, 4.69) is 205 Å². The van der Waals surface area contributed by atoms with Crippen molar-refractivity contribution in [2.75, 3.05) is 0 Å². The van der Waals surface area contributed by atoms with Crippen LogP contribution in [0.15, 0.2) is 254 Å². The summed E-state index contributed by atoms with van der Waals surface area (Å²) in [4.78, 5) is 10.8. The summed E-state index contributed by atoms with van der Waals surface area (Å²) in [6.07, 6.45) is 0. The number of hydrogen-bond acceptors (Lipinski definition) is 6. The third-order valence-electron chi connectivity index (χ3n) is 15.7. The topological polar surface area (TPSA) is 83.3 Å². The Morgan fingerprint density at radius 1 is 0.273 bits per heavy atom. The SMILES string of the molecule is c1ccc2c(c1)oc1ccc(-c3ccc4c(c3)c3ccccc3n4-c3ccc4oc5c(-c6ccc(-c7cccc8c7oc7ccccc78)cc6)nc(-c6ccc(-c7cccc8c7oc7ccccc78)cc6)nc5c4c3)cc12. The van der Waals surface area contributed by atoms with Gasteiger partial charge in [0, 0.05) is 76.4 Å². The summed E-state index contributed by atoms with van der Waals surface area (Å²) in [5, 5.41) is 9.85. The molecular weight excluding hydrogens is 947 g/mol. The van der Waals surface area contributed by atoms with E-state index in [1.807, 2.05) is 36.4 Å². The summed E-state index contributed by atoms with van der Waals surface area (Å²) in [5.41, 5.74) is 19.5. The second kappa shape index (κ2) is 16.0. The molecule has 0 saturated heterocycles. The van der Waals surface area contributed by atoms with Crippen LogP contribution in [0.25, 0.3) is 171 Å². The van der Waals surface area contributed by atoms with Crippen LogP contribution in [0.2, 0.25) is 0 Å². The van der Waals surface area contributed by atoms with Crippen molar-refractivity contribution in [3.8, 4) is 61.7 Å². The normalized spacial score (nSPS) is 12.2. The van der Waals surface area contributed by atoms with E-state index in [1.165, 1.54) is 10.8 Å². The summed E-state index contributed by atoms with van der Waals surface area (Å²) in [5.74, 6) is 0.594. The van der Waals surface area contributed by atoms with Crippen LogP contribution in [0.5, 0.6) is 0 Å². The molecule has 0 aliphatic heterocycles. The van der Waals surface area contributed by atoms with E-state index in [0.29, 0.717) is 17.1 Å². The summed E-state index contributed by atoms with van der Waals surface area (Å²) in [6.45, 7) is 0. The van der Waals surface area contributed by atoms with Crippen LogP contribution in [0, 0.1) is 0 Å². The molecule has 0 saturated carbocycles. The molecule has 0 unspecified atom stereocenters. The lowest BCUT2D eigenvalue weighted by atomic mass is 9.99. The molecule has 0 fully saturated rings. The molecule has 17 aromatic rings. The van der Waals surface area contributed by atoms with Crippen molar-refractivity contribution < 1.29 is 17.7 Å². The Kier molecular flexibility index (Phi) is 8.71. The van der Waals surface area contributed by atoms with Crippen LogP contribution >= 0.6 is 0 Å². The second-order valence-corrected chi connectivity index (χ2v) is 20.0. The summed E-state index contributed by atoms with van der Waals surface area (Å²) < 4.78 is 28.3. The van der Waals surface area contributed by atoms with Gasteiger partial charge in [-0.1, -0.05) is 170 Å². The molecule has 7 heteroatoms. The van der Waals surface area contributed by atoms with Gasteiger partial charge >= 0.3 is 0 Å². The highest BCUT2D eigenvalue weighted by molar-refractivity contribution is 6.14. The van der Waals surface area contributed by atoms with Crippen LogP contribution in [0.4, 0.5) is 0 Å². The van der Waals surface area contributed by atoms with Gasteiger partial charge in [-0.3, -0.25) is 0 Å². The van der Waals surface area contributed by atoms with Crippen molar-refractivity contribution >= 4 is 110 Å². The number of benzene rings is 11. The maximum Gasteiger partial charge on any atom is 0.180 e. The van der Waals surface area contributed by atoms with E-state index in [9.17, 15) is 0 Å². The highest BCUT2D eigenvalue weighted by atomic mass is 16.3. The molecule has 0 amide bonds. The minimum atomic E-state index is 0.594. The van der Waals surface area contributed by atoms with Gasteiger partial charge in [0.05, 0.1) is 11.0 Å². The molecule has 0 aliphatic rings. The standard InChI is InChI=1S/C70H39N3O4/c1-5-19-58-49(11-1)55-37-44(45-32-35-63-56(38-45)52-14-4-6-20-60(52)74-63)31-34-59(55)73(58)46-33-36-64-57(39-46)66-69(77-64)65(42-27-23-40(24-28-42)47-15-9-17-53-50-12-2-7-21-61(50)75-67(47)53)71-70(72-66)43-29-25-41(26-30-43)48-16-10-18-54-51-13-3-8-22-62(51)76-68(48)54/h1-39H. The number of aromatic nitrogens is 3. The van der Waals surface area contributed by atoms with E-state index in [-0.39, 0.29) is 0 Å². The van der Waals surface area contributed by atoms with Gasteiger partial charge in [-0.25, -0.2) is 9.97 Å². The molecular formula is C70H39N3O4. The van der Waals surface area contributed by atoms with Gasteiger partial charge in [0.2, 0.25) is 0 Å². The Morgan fingerprint density at radius 2 is 0.740 bits per heavy atom. The van der Waals surface area contributed by atoms with Crippen LogP contribution < -0.4 is 0 Å². The molecule has 0 aliphatic carbocycles. The zero-order valence-electron chi connectivity index (χ0n) is 41.0. The maximum absolute atomic E-state index is 6.87. The van der Waals surface area contributed by atoms with Gasteiger partial charge in [-0.15, -0.1) is 0 Å². The van der Waals surface area contributed by atoms with Gasteiger partial charge in [0.25, 0.3) is 0 Å². The van der Waals surface area contributed by atoms with E-state index < -0.39 is 0 Å². The average molecular weight is 986 g/mol. The van der Waals surface area contributed by atoms with Gasteiger partial charge in [0.1, 0.15) is 50.3 Å². The lowest BCUT2D eigenvalue weighted by molar-refractivity contribution is 0.667. The first-order valence-electron chi connectivity index (χ1n) is 25.9. The van der Waals surface area contributed by atoms with Gasteiger partial charge < -0.3 is 22.2 Å². The van der Waals surface area contributed by atoms with Crippen molar-refractivity contribution in [2.45, 2.75) is 0 Å². The molecule has 0 radical (unpaired) electrons. The number of furan rings is 4. The minimum Gasteiger partial charge on any atom is -0.456 e. The molecule has 0 N–H and O–H groups in total. The van der Waals surface area contributed by atoms with Crippen LogP contribution in [0.1, 0.15) is 0 Å². The Bertz CT molecular complexity index is 5280. The van der Waals surface area contributed by atoms with E-state index >= 15 is 0 Å². The fourth-order valence-electron chi connectivity index (χ4n) is 12.0. The molecule has 6 heterocycles. The predicted molar refractivity (Wildman–Crippen MR) is 313 cm³/mol. The van der Waals surface area contributed by atoms with Gasteiger partial charge in [-0.2, -0.15) is 0 Å². The fraction of sp³-hybridized carbons (Fsp3) is 0. The van der Waals surface area contributed by atoms with E-state index in [0.717, 1.165) is 144 Å². The molecule has 11 aromatic carbocycles. The Hall–Kier alpha value is -10.5. The number of hydrogen-bond donors (Lipinski definition) is 0. The van der Waals surface area contributed by atoms with Crippen molar-refractivity contribution in [3.05, 3.63) is 237 Å². The maximum atomic E-state index is 6.87. The molecule has 0 spiro atoms. The quantitative estimate of drug-likeness (QED) is 0.165. The van der Waals surface area contributed by atoms with Gasteiger partial charge in [-0.05, 0) is 89.0 Å². The second-order valence-electron chi connectivity index (χ2n) is 20.0. The van der Waals surface area contributed by atoms with Crippen molar-refractivity contribution in [2.24, 2.45) is 0 Å². The molecule has 17 rings (SSSR count). The molecule has 6 aromatic heterocycles. The summed E-state index contributed by atoms with van der Waals surface area (Å²) >= 11 is 0. The highest BCUT2D eigenvalue weighted by Gasteiger charge is 2.22. The number of rotatable bonds is 6. The molecule has 0 atom stereocenters. The first kappa shape index (κ1) is 41.9. The molecule has 358 valence electrons. The van der Waals surface area contributed by atoms with Crippen LogP contribution in [-0.2, 0) is 0 Å². The highest BCUT2D eigenvalue weighted by Crippen LogP contribution is 2.43. The van der Waals surface area contributed by atoms with Crippen LogP contribution in [0.3, 0.4) is 0 Å². The number of fused-ring (bicyclic) bond motifs is 15. The van der Waals surface area contributed by atoms with Crippen molar-refractivity contribution in [1.29, 1.82) is 0 Å². The Morgan fingerprint density at radius 3 is 1.42 bits per heavy atom. The molecule has 7 nitrogen and oxygen atoms in total. The Labute approximate surface area is 438 Å². The zero-order chi connectivity index (χ0) is 50.3. The lowest BCUT2D eigenvalue weighted by Gasteiger charge is -2.09. The first-order valence-corrected chi connectivity index (χ1v) is 25.9. The zero-order valence-corrected chi connectivity index (χ0v) is 41.0. The smallest absolute Gasteiger partial charge is 0.180 e. The van der Waals surface area contributed by atoms with E-state index in [1.54, 1.807) is 0 Å². The minimum absolute atomic E-state index is 0.594. The molecule has 77 heavy (non-hydrogen) atoms. The summed E-state index contributed by atoms with van der Waals surface area (Å²) in [7, 11) is 0. The molecule has 0 bridgehead atoms. The number of nitrogens with zero attached hydrogens (tertiary/aromatic N) is 3. The third kappa shape index (κ3) is 6.32. The fourth-order valence-corrected chi connectivity index (χ4v) is 12.0. The monoisotopic (exact) mass is 985 g/mol. The van der Waals surface area contributed by atoms with E-state index in [4.69, 9.17) is 27.6 Å². The number of para-hydroxylation sites is 6. The Balaban J connectivity index is 0.819. The van der Waals surface area contributed by atoms with Crippen LogP contribution in [-0.4, -0.2) is 14.5 Å². The van der Waals surface area contributed by atoms with Crippen molar-refractivity contribution in [3.63, 3.8) is 0 Å². The first-order chi connectivity index (χ1) is 38.1. The average Bonchev–Trinajstić information content (AvgIpc) is 4.40. The third-order valence-corrected chi connectivity index (χ3v) is 15.7. The predicted octanol–water partition coefficient (Wildman–Crippen LogP) is 19.5. The summed E-state index contributed by atoms with van der Waals surface area (Å²) in [6, 6.07) is 82.7. The van der Waals surface area contributed by atoms with Gasteiger partial charge in [0.15, 0.2) is 11.4 Å². The lowest BCUT2D eigenvalue weighted by Crippen LogP contribution is -1.95.